The second-order valence-electron chi connectivity index (χ2n) is 7.95. The van der Waals surface area contributed by atoms with E-state index in [-0.39, 0.29) is 5.54 Å². The number of aliphatic imine (C=N–C) groups is 1. The molecule has 2 aliphatic heterocycles. The maximum atomic E-state index is 5.57. The minimum Gasteiger partial charge on any atom is -0.381 e. The van der Waals surface area contributed by atoms with Gasteiger partial charge in [-0.25, -0.2) is 0 Å². The first-order valence-corrected chi connectivity index (χ1v) is 10.6. The summed E-state index contributed by atoms with van der Waals surface area (Å²) in [5.41, 5.74) is 0.126. The molecule has 2 N–H and O–H groups in total. The fraction of sp³-hybridized carbons (Fsp3) is 0.950. The summed E-state index contributed by atoms with van der Waals surface area (Å²) in [5.74, 6) is 0.949. The third-order valence-corrected chi connectivity index (χ3v) is 6.16. The Balaban J connectivity index is 1.87. The second kappa shape index (κ2) is 11.1. The van der Waals surface area contributed by atoms with Crippen molar-refractivity contribution in [3.8, 4) is 0 Å². The first kappa shape index (κ1) is 21.5. The summed E-state index contributed by atoms with van der Waals surface area (Å²) in [6, 6.07) is 0.768. The molecule has 2 aliphatic rings. The van der Waals surface area contributed by atoms with Crippen molar-refractivity contribution in [1.29, 1.82) is 0 Å². The number of piperidine rings is 1. The monoisotopic (exact) mass is 367 g/mol. The van der Waals surface area contributed by atoms with Crippen molar-refractivity contribution in [2.45, 2.75) is 64.0 Å². The van der Waals surface area contributed by atoms with Crippen LogP contribution in [0.3, 0.4) is 0 Å². The van der Waals surface area contributed by atoms with Gasteiger partial charge >= 0.3 is 0 Å². The quantitative estimate of drug-likeness (QED) is 0.507. The zero-order valence-corrected chi connectivity index (χ0v) is 17.5. The summed E-state index contributed by atoms with van der Waals surface area (Å²) in [4.78, 5) is 9.92. The number of likely N-dealkylation sites (N-methyl/N-ethyl adjacent to an activating group) is 1. The molecular formula is C20H41N5O. The van der Waals surface area contributed by atoms with Crippen LogP contribution in [-0.2, 0) is 4.74 Å². The van der Waals surface area contributed by atoms with Crippen molar-refractivity contribution in [1.82, 2.24) is 20.4 Å². The van der Waals surface area contributed by atoms with Gasteiger partial charge in [0.2, 0.25) is 0 Å². The molecule has 0 amide bonds. The van der Waals surface area contributed by atoms with Crippen LogP contribution in [0.4, 0.5) is 0 Å². The summed E-state index contributed by atoms with van der Waals surface area (Å²) >= 11 is 0. The molecule has 2 rings (SSSR count). The number of nitrogens with one attached hydrogen (secondary N) is 2. The number of rotatable bonds is 8. The van der Waals surface area contributed by atoms with E-state index in [0.29, 0.717) is 0 Å². The van der Waals surface area contributed by atoms with Crippen molar-refractivity contribution in [3.63, 3.8) is 0 Å². The molecule has 0 saturated carbocycles. The number of hydrogen-bond acceptors (Lipinski definition) is 4. The summed E-state index contributed by atoms with van der Waals surface area (Å²) in [5, 5.41) is 6.97. The maximum absolute atomic E-state index is 5.57. The van der Waals surface area contributed by atoms with Gasteiger partial charge in [-0.05, 0) is 59.7 Å². The van der Waals surface area contributed by atoms with E-state index in [0.717, 1.165) is 64.2 Å². The number of ether oxygens (including phenoxy) is 1. The van der Waals surface area contributed by atoms with E-state index >= 15 is 0 Å². The Bertz CT molecular complexity index is 420. The molecule has 1 unspecified atom stereocenters. The highest BCUT2D eigenvalue weighted by Crippen LogP contribution is 2.26. The number of nitrogens with zero attached hydrogens (tertiary/aromatic N) is 3. The third kappa shape index (κ3) is 6.10. The number of likely N-dealkylation sites (tertiary alicyclic amines) is 1. The zero-order chi connectivity index (χ0) is 18.8. The van der Waals surface area contributed by atoms with E-state index in [1.165, 1.54) is 32.2 Å². The van der Waals surface area contributed by atoms with Gasteiger partial charge in [0.05, 0.1) is 6.54 Å². The van der Waals surface area contributed by atoms with E-state index in [9.17, 15) is 0 Å². The van der Waals surface area contributed by atoms with Crippen LogP contribution in [0.25, 0.3) is 0 Å². The predicted molar refractivity (Wildman–Crippen MR) is 110 cm³/mol. The molecule has 26 heavy (non-hydrogen) atoms. The lowest BCUT2D eigenvalue weighted by molar-refractivity contribution is -0.00255. The number of hydrogen-bond donors (Lipinski definition) is 2. The van der Waals surface area contributed by atoms with Gasteiger partial charge in [0.15, 0.2) is 5.96 Å². The maximum Gasteiger partial charge on any atom is 0.191 e. The molecular weight excluding hydrogens is 326 g/mol. The molecule has 2 heterocycles. The highest BCUT2D eigenvalue weighted by molar-refractivity contribution is 5.79. The summed E-state index contributed by atoms with van der Waals surface area (Å²) in [6.45, 7) is 11.1. The average Bonchev–Trinajstić information content (AvgIpc) is 2.67. The van der Waals surface area contributed by atoms with Gasteiger partial charge in [-0.15, -0.1) is 0 Å². The summed E-state index contributed by atoms with van der Waals surface area (Å²) in [6.07, 6.45) is 7.46. The van der Waals surface area contributed by atoms with E-state index in [1.807, 2.05) is 0 Å². The van der Waals surface area contributed by atoms with Crippen LogP contribution in [0.15, 0.2) is 4.99 Å². The lowest BCUT2D eigenvalue weighted by Gasteiger charge is -2.41. The van der Waals surface area contributed by atoms with Crippen LogP contribution in [-0.4, -0.2) is 87.4 Å². The molecule has 0 aromatic carbocycles. The minimum atomic E-state index is 0.126. The van der Waals surface area contributed by atoms with Gasteiger partial charge in [-0.3, -0.25) is 9.89 Å². The van der Waals surface area contributed by atoms with Crippen molar-refractivity contribution in [2.24, 2.45) is 4.99 Å². The molecule has 2 fully saturated rings. The Morgan fingerprint density at radius 2 is 1.96 bits per heavy atom. The predicted octanol–water partition coefficient (Wildman–Crippen LogP) is 1.92. The topological polar surface area (TPSA) is 52.1 Å². The Kier molecular flexibility index (Phi) is 9.16. The molecule has 2 saturated heterocycles. The van der Waals surface area contributed by atoms with E-state index < -0.39 is 0 Å². The molecule has 1 atom stereocenters. The second-order valence-corrected chi connectivity index (χ2v) is 7.95. The minimum absolute atomic E-state index is 0.126. The van der Waals surface area contributed by atoms with Crippen molar-refractivity contribution in [3.05, 3.63) is 0 Å². The third-order valence-electron chi connectivity index (χ3n) is 6.16. The standard InChI is InChI=1S/C20H41N5O/c1-5-18-9-7-8-13-25(18)14-12-22-19(21-6-2)23-17-20(24(3)4)10-15-26-16-11-20/h18H,5-17H2,1-4H3,(H2,21,22,23). The van der Waals surface area contributed by atoms with Gasteiger partial charge in [-0.2, -0.15) is 0 Å². The molecule has 6 nitrogen and oxygen atoms in total. The molecule has 0 aromatic heterocycles. The Hall–Kier alpha value is -0.850. The van der Waals surface area contributed by atoms with E-state index in [1.54, 1.807) is 0 Å². The SMILES string of the molecule is CCNC(=NCC1(N(C)C)CCOCC1)NCCN1CCCCC1CC. The molecule has 0 aliphatic carbocycles. The lowest BCUT2D eigenvalue weighted by atomic mass is 9.89. The van der Waals surface area contributed by atoms with Crippen molar-refractivity contribution in [2.75, 3.05) is 60.0 Å². The van der Waals surface area contributed by atoms with Gasteiger partial charge in [0, 0.05) is 44.4 Å². The Morgan fingerprint density at radius 1 is 1.19 bits per heavy atom. The highest BCUT2D eigenvalue weighted by atomic mass is 16.5. The molecule has 152 valence electrons. The fourth-order valence-corrected chi connectivity index (χ4v) is 4.20. The van der Waals surface area contributed by atoms with Crippen LogP contribution in [0.5, 0.6) is 0 Å². The molecule has 0 bridgehead atoms. The lowest BCUT2D eigenvalue weighted by Crippen LogP contribution is -2.52. The van der Waals surface area contributed by atoms with Gasteiger partial charge in [0.1, 0.15) is 0 Å². The first-order valence-electron chi connectivity index (χ1n) is 10.6. The van der Waals surface area contributed by atoms with E-state index in [2.05, 4.69) is 48.4 Å². The molecule has 0 radical (unpaired) electrons. The summed E-state index contributed by atoms with van der Waals surface area (Å²) in [7, 11) is 4.34. The van der Waals surface area contributed by atoms with Crippen LogP contribution in [0, 0.1) is 0 Å². The largest absolute Gasteiger partial charge is 0.381 e. The van der Waals surface area contributed by atoms with E-state index in [4.69, 9.17) is 9.73 Å². The molecule has 0 aromatic rings. The van der Waals surface area contributed by atoms with Gasteiger partial charge in [0.25, 0.3) is 0 Å². The fourth-order valence-electron chi connectivity index (χ4n) is 4.20. The van der Waals surface area contributed by atoms with Crippen LogP contribution >= 0.6 is 0 Å². The normalized spacial score (nSPS) is 24.7. The average molecular weight is 368 g/mol. The van der Waals surface area contributed by atoms with Crippen molar-refractivity contribution < 1.29 is 4.74 Å². The molecule has 0 spiro atoms. The highest BCUT2D eigenvalue weighted by Gasteiger charge is 2.34. The van der Waals surface area contributed by atoms with Crippen LogP contribution < -0.4 is 10.6 Å². The zero-order valence-electron chi connectivity index (χ0n) is 17.5. The number of guanidine groups is 1. The Morgan fingerprint density at radius 3 is 2.62 bits per heavy atom. The smallest absolute Gasteiger partial charge is 0.191 e. The van der Waals surface area contributed by atoms with Crippen molar-refractivity contribution >= 4 is 5.96 Å². The molecule has 6 heteroatoms. The van der Waals surface area contributed by atoms with Gasteiger partial charge in [-0.1, -0.05) is 13.3 Å². The summed E-state index contributed by atoms with van der Waals surface area (Å²) < 4.78 is 5.57. The first-order chi connectivity index (χ1) is 12.6. The van der Waals surface area contributed by atoms with Crippen LogP contribution in [0.1, 0.15) is 52.4 Å². The Labute approximate surface area is 160 Å². The van der Waals surface area contributed by atoms with Gasteiger partial charge < -0.3 is 20.3 Å². The van der Waals surface area contributed by atoms with Crippen LogP contribution in [0.2, 0.25) is 0 Å².